The van der Waals surface area contributed by atoms with Gasteiger partial charge < -0.3 is 14.2 Å². The Hall–Kier alpha value is -3.08. The van der Waals surface area contributed by atoms with Gasteiger partial charge in [0.05, 0.1) is 18.1 Å². The highest BCUT2D eigenvalue weighted by Gasteiger charge is 2.28. The van der Waals surface area contributed by atoms with Crippen LogP contribution in [0.1, 0.15) is 46.3 Å². The van der Waals surface area contributed by atoms with Crippen LogP contribution in [0.25, 0.3) is 11.4 Å². The van der Waals surface area contributed by atoms with Crippen LogP contribution in [-0.2, 0) is 21.2 Å². The number of rotatable bonds is 5. The minimum absolute atomic E-state index is 0.126. The second kappa shape index (κ2) is 9.28. The molecular weight excluding hydrogens is 456 g/mol. The largest absolute Gasteiger partial charge is 0.378 e. The van der Waals surface area contributed by atoms with Gasteiger partial charge in [0.1, 0.15) is 0 Å². The topological polar surface area (TPSA) is 115 Å². The molecule has 1 saturated heterocycles. The lowest BCUT2D eigenvalue weighted by atomic mass is 9.88. The number of ether oxygens (including phenoxy) is 1. The first-order valence-corrected chi connectivity index (χ1v) is 12.8. The summed E-state index contributed by atoms with van der Waals surface area (Å²) < 4.78 is 40.1. The lowest BCUT2D eigenvalue weighted by Crippen LogP contribution is -2.40. The average molecular weight is 483 g/mol. The molecule has 2 heterocycles. The number of carbonyl (C=O) groups is 1. The molecule has 0 bridgehead atoms. The number of hydrogen-bond acceptors (Lipinski definition) is 7. The molecule has 10 heteroatoms. The summed E-state index contributed by atoms with van der Waals surface area (Å²) in [6.07, 6.45) is 2.62. The molecule has 2 aromatic carbocycles. The Bertz CT molecular complexity index is 1310. The quantitative estimate of drug-likeness (QED) is 0.595. The lowest BCUT2D eigenvalue weighted by molar-refractivity contribution is 0.0272. The summed E-state index contributed by atoms with van der Waals surface area (Å²) in [6.45, 7) is 3.59. The summed E-state index contributed by atoms with van der Waals surface area (Å²) >= 11 is 0. The fourth-order valence-corrected chi connectivity index (χ4v) is 6.01. The molecule has 0 spiro atoms. The van der Waals surface area contributed by atoms with Gasteiger partial charge in [-0.05, 0) is 48.9 Å². The van der Waals surface area contributed by atoms with Gasteiger partial charge in [-0.1, -0.05) is 41.6 Å². The van der Waals surface area contributed by atoms with Gasteiger partial charge >= 0.3 is 11.8 Å². The molecular formula is C24H26N4O5S. The zero-order chi connectivity index (χ0) is 23.7. The first kappa shape index (κ1) is 22.7. The molecule has 5 rings (SSSR count). The molecule has 9 nitrogen and oxygen atoms in total. The van der Waals surface area contributed by atoms with Gasteiger partial charge in [-0.2, -0.15) is 4.98 Å². The van der Waals surface area contributed by atoms with Crippen molar-refractivity contribution in [3.63, 3.8) is 0 Å². The van der Waals surface area contributed by atoms with Crippen molar-refractivity contribution in [2.24, 2.45) is 0 Å². The molecule has 1 amide bonds. The molecule has 178 valence electrons. The number of aromatic nitrogens is 2. The number of carbonyl (C=O) groups excluding carboxylic acids is 1. The summed E-state index contributed by atoms with van der Waals surface area (Å²) in [6, 6.07) is 12.6. The van der Waals surface area contributed by atoms with E-state index in [1.807, 2.05) is 24.3 Å². The van der Waals surface area contributed by atoms with E-state index in [2.05, 4.69) is 14.9 Å². The first-order valence-electron chi connectivity index (χ1n) is 11.3. The maximum Gasteiger partial charge on any atom is 0.316 e. The van der Waals surface area contributed by atoms with E-state index in [0.717, 1.165) is 24.8 Å². The van der Waals surface area contributed by atoms with Crippen LogP contribution in [0.2, 0.25) is 0 Å². The van der Waals surface area contributed by atoms with Crippen molar-refractivity contribution >= 4 is 15.9 Å². The monoisotopic (exact) mass is 482 g/mol. The van der Waals surface area contributed by atoms with E-state index in [4.69, 9.17) is 9.26 Å². The van der Waals surface area contributed by atoms with Crippen molar-refractivity contribution in [3.05, 3.63) is 65.0 Å². The van der Waals surface area contributed by atoms with E-state index in [-0.39, 0.29) is 28.6 Å². The SMILES string of the molecule is Cc1ccc(-c2noc(C(=O)N3CCOCC3)n2)cc1S(=O)(=O)N[C@@H]1CCCc2ccccc21. The van der Waals surface area contributed by atoms with Crippen molar-refractivity contribution in [2.75, 3.05) is 26.3 Å². The number of benzene rings is 2. The van der Waals surface area contributed by atoms with Crippen LogP contribution >= 0.6 is 0 Å². The number of fused-ring (bicyclic) bond motifs is 1. The molecule has 0 unspecified atom stereocenters. The number of aryl methyl sites for hydroxylation is 2. The maximum absolute atomic E-state index is 13.4. The van der Waals surface area contributed by atoms with E-state index in [9.17, 15) is 13.2 Å². The third-order valence-corrected chi connectivity index (χ3v) is 7.92. The summed E-state index contributed by atoms with van der Waals surface area (Å²) in [4.78, 5) is 18.6. The summed E-state index contributed by atoms with van der Waals surface area (Å²) in [5.41, 5.74) is 3.26. The molecule has 1 aliphatic carbocycles. The van der Waals surface area contributed by atoms with Crippen LogP contribution in [0, 0.1) is 6.92 Å². The lowest BCUT2D eigenvalue weighted by Gasteiger charge is -2.26. The number of nitrogens with zero attached hydrogens (tertiary/aromatic N) is 3. The van der Waals surface area contributed by atoms with Crippen LogP contribution in [0.15, 0.2) is 51.9 Å². The highest BCUT2D eigenvalue weighted by molar-refractivity contribution is 7.89. The van der Waals surface area contributed by atoms with Gasteiger partial charge in [-0.3, -0.25) is 4.79 Å². The van der Waals surface area contributed by atoms with Gasteiger partial charge in [-0.15, -0.1) is 0 Å². The van der Waals surface area contributed by atoms with Crippen molar-refractivity contribution in [2.45, 2.75) is 37.1 Å². The van der Waals surface area contributed by atoms with Gasteiger partial charge in [0, 0.05) is 24.7 Å². The van der Waals surface area contributed by atoms with E-state index >= 15 is 0 Å². The molecule has 1 atom stereocenters. The highest BCUT2D eigenvalue weighted by atomic mass is 32.2. The number of hydrogen-bond donors (Lipinski definition) is 1. The zero-order valence-electron chi connectivity index (χ0n) is 18.9. The van der Waals surface area contributed by atoms with Crippen LogP contribution in [-0.4, -0.2) is 55.7 Å². The van der Waals surface area contributed by atoms with E-state index < -0.39 is 10.0 Å². The highest BCUT2D eigenvalue weighted by Crippen LogP contribution is 2.32. The summed E-state index contributed by atoms with van der Waals surface area (Å²) in [5.74, 6) is -0.325. The van der Waals surface area contributed by atoms with Crippen LogP contribution in [0.4, 0.5) is 0 Å². The fourth-order valence-electron chi connectivity index (χ4n) is 4.49. The van der Waals surface area contributed by atoms with Crippen LogP contribution in [0.5, 0.6) is 0 Å². The zero-order valence-corrected chi connectivity index (χ0v) is 19.7. The minimum atomic E-state index is -3.82. The minimum Gasteiger partial charge on any atom is -0.378 e. The molecule has 1 fully saturated rings. The van der Waals surface area contributed by atoms with Crippen molar-refractivity contribution in [1.82, 2.24) is 19.8 Å². The molecule has 1 aromatic heterocycles. The summed E-state index contributed by atoms with van der Waals surface area (Å²) in [5, 5.41) is 3.92. The average Bonchev–Trinajstić information content (AvgIpc) is 3.35. The van der Waals surface area contributed by atoms with E-state index in [1.165, 1.54) is 11.6 Å². The Morgan fingerprint density at radius 1 is 1.15 bits per heavy atom. The number of sulfonamides is 1. The molecule has 0 saturated carbocycles. The Labute approximate surface area is 198 Å². The standard InChI is InChI=1S/C24H26N4O5S/c1-16-9-10-18(22-25-23(33-26-22)24(29)28-11-13-32-14-12-28)15-21(16)34(30,31)27-20-8-4-6-17-5-2-3-7-19(17)20/h2-3,5,7,9-10,15,20,27H,4,6,8,11-14H2,1H3/t20-/m1/s1. The Balaban J connectivity index is 1.40. The van der Waals surface area contributed by atoms with Gasteiger partial charge in [0.2, 0.25) is 15.8 Å². The number of amides is 1. The predicted octanol–water partition coefficient (Wildman–Crippen LogP) is 2.87. The van der Waals surface area contributed by atoms with Gasteiger partial charge in [0.25, 0.3) is 0 Å². The molecule has 34 heavy (non-hydrogen) atoms. The predicted molar refractivity (Wildman–Crippen MR) is 124 cm³/mol. The number of morpholine rings is 1. The van der Waals surface area contributed by atoms with Gasteiger partial charge in [0.15, 0.2) is 0 Å². The third-order valence-electron chi connectivity index (χ3n) is 6.31. The van der Waals surface area contributed by atoms with Crippen molar-refractivity contribution in [3.8, 4) is 11.4 Å². The van der Waals surface area contributed by atoms with Crippen LogP contribution < -0.4 is 4.72 Å². The molecule has 3 aromatic rings. The summed E-state index contributed by atoms with van der Waals surface area (Å²) in [7, 11) is -3.82. The Kier molecular flexibility index (Phi) is 6.20. The molecule has 1 N–H and O–H groups in total. The Morgan fingerprint density at radius 2 is 1.94 bits per heavy atom. The van der Waals surface area contributed by atoms with Crippen LogP contribution in [0.3, 0.4) is 0 Å². The molecule has 1 aliphatic heterocycles. The molecule has 2 aliphatic rings. The number of nitrogens with one attached hydrogen (secondary N) is 1. The van der Waals surface area contributed by atoms with Gasteiger partial charge in [-0.25, -0.2) is 13.1 Å². The smallest absolute Gasteiger partial charge is 0.316 e. The second-order valence-corrected chi connectivity index (χ2v) is 10.3. The third kappa shape index (κ3) is 4.48. The fraction of sp³-hybridized carbons (Fsp3) is 0.375. The van der Waals surface area contributed by atoms with Crippen molar-refractivity contribution < 1.29 is 22.5 Å². The Morgan fingerprint density at radius 3 is 2.76 bits per heavy atom. The van der Waals surface area contributed by atoms with Crippen molar-refractivity contribution in [1.29, 1.82) is 0 Å². The van der Waals surface area contributed by atoms with E-state index in [0.29, 0.717) is 37.4 Å². The second-order valence-electron chi connectivity index (χ2n) is 8.57. The van der Waals surface area contributed by atoms with E-state index in [1.54, 1.807) is 24.0 Å². The molecule has 0 radical (unpaired) electrons. The maximum atomic E-state index is 13.4. The first-order chi connectivity index (χ1) is 16.4. The normalized spacial score (nSPS) is 18.5.